The van der Waals surface area contributed by atoms with Crippen LogP contribution in [0.5, 0.6) is 5.75 Å². The van der Waals surface area contributed by atoms with Crippen LogP contribution in [0, 0.1) is 5.92 Å². The van der Waals surface area contributed by atoms with Gasteiger partial charge in [0.15, 0.2) is 6.61 Å². The molecule has 0 atom stereocenters. The summed E-state index contributed by atoms with van der Waals surface area (Å²) in [7, 11) is 0. The van der Waals surface area contributed by atoms with Gasteiger partial charge in [0.25, 0.3) is 5.91 Å². The van der Waals surface area contributed by atoms with E-state index in [1.807, 2.05) is 0 Å². The lowest BCUT2D eigenvalue weighted by atomic mass is 10.2. The fourth-order valence-corrected chi connectivity index (χ4v) is 1.78. The summed E-state index contributed by atoms with van der Waals surface area (Å²) in [5, 5.41) is 5.53. The molecular weight excluding hydrogens is 220 g/mol. The Labute approximate surface area is 98.1 Å². The molecule has 3 rings (SSSR count). The molecule has 1 aromatic carbocycles. The summed E-state index contributed by atoms with van der Waals surface area (Å²) in [6.07, 6.45) is 1.90. The van der Waals surface area contributed by atoms with Crippen molar-refractivity contribution in [3.63, 3.8) is 0 Å². The SMILES string of the molecule is O=C1COc2cccc(NC(=O)C3CC3)c2N1. The Hall–Kier alpha value is -2.04. The topological polar surface area (TPSA) is 67.4 Å². The third kappa shape index (κ3) is 1.95. The first-order valence-corrected chi connectivity index (χ1v) is 5.60. The van der Waals surface area contributed by atoms with Crippen molar-refractivity contribution >= 4 is 23.2 Å². The lowest BCUT2D eigenvalue weighted by Gasteiger charge is -2.20. The Balaban J connectivity index is 1.88. The minimum Gasteiger partial charge on any atom is -0.481 e. The third-order valence-corrected chi connectivity index (χ3v) is 2.86. The molecule has 2 N–H and O–H groups in total. The van der Waals surface area contributed by atoms with Gasteiger partial charge in [-0.15, -0.1) is 0 Å². The quantitative estimate of drug-likeness (QED) is 0.809. The summed E-state index contributed by atoms with van der Waals surface area (Å²) < 4.78 is 5.27. The van der Waals surface area contributed by atoms with Gasteiger partial charge in [0, 0.05) is 5.92 Å². The maximum absolute atomic E-state index is 11.7. The predicted molar refractivity (Wildman–Crippen MR) is 61.9 cm³/mol. The molecule has 0 saturated heterocycles. The van der Waals surface area contributed by atoms with Crippen LogP contribution in [0.1, 0.15) is 12.8 Å². The van der Waals surface area contributed by atoms with Crippen molar-refractivity contribution in [2.24, 2.45) is 5.92 Å². The number of ether oxygens (including phenoxy) is 1. The van der Waals surface area contributed by atoms with Crippen LogP contribution in [-0.2, 0) is 9.59 Å². The molecule has 1 aliphatic carbocycles. The molecule has 0 radical (unpaired) electrons. The Morgan fingerprint density at radius 2 is 2.24 bits per heavy atom. The maximum atomic E-state index is 11.7. The van der Waals surface area contributed by atoms with Gasteiger partial charge in [-0.2, -0.15) is 0 Å². The summed E-state index contributed by atoms with van der Waals surface area (Å²) in [4.78, 5) is 22.9. The molecule has 0 unspecified atom stereocenters. The van der Waals surface area contributed by atoms with Crippen LogP contribution in [0.3, 0.4) is 0 Å². The molecule has 0 spiro atoms. The molecule has 0 aromatic heterocycles. The van der Waals surface area contributed by atoms with E-state index in [1.165, 1.54) is 0 Å². The molecule has 2 aliphatic rings. The standard InChI is InChI=1S/C12H12N2O3/c15-10-6-17-9-3-1-2-8(11(9)14-10)13-12(16)7-4-5-7/h1-3,7H,4-6H2,(H,13,16)(H,14,15). The van der Waals surface area contributed by atoms with Crippen LogP contribution in [0.25, 0.3) is 0 Å². The zero-order valence-electron chi connectivity index (χ0n) is 9.16. The van der Waals surface area contributed by atoms with Crippen LogP contribution in [0.15, 0.2) is 18.2 Å². The Morgan fingerprint density at radius 3 is 3.00 bits per heavy atom. The van der Waals surface area contributed by atoms with Gasteiger partial charge in [-0.3, -0.25) is 9.59 Å². The van der Waals surface area contributed by atoms with E-state index in [0.717, 1.165) is 12.8 Å². The Morgan fingerprint density at radius 1 is 1.41 bits per heavy atom. The number of anilines is 2. The highest BCUT2D eigenvalue weighted by Gasteiger charge is 2.30. The van der Waals surface area contributed by atoms with E-state index in [9.17, 15) is 9.59 Å². The van der Waals surface area contributed by atoms with Crippen molar-refractivity contribution in [2.75, 3.05) is 17.2 Å². The van der Waals surface area contributed by atoms with Crippen molar-refractivity contribution in [3.8, 4) is 5.75 Å². The first kappa shape index (κ1) is 10.1. The van der Waals surface area contributed by atoms with E-state index in [2.05, 4.69) is 10.6 Å². The van der Waals surface area contributed by atoms with E-state index in [4.69, 9.17) is 4.74 Å². The molecule has 1 aromatic rings. The molecule has 88 valence electrons. The van der Waals surface area contributed by atoms with Crippen molar-refractivity contribution < 1.29 is 14.3 Å². The summed E-state index contributed by atoms with van der Waals surface area (Å²) in [6.45, 7) is 0.0209. The number of carbonyl (C=O) groups is 2. The Kier molecular flexibility index (Phi) is 2.24. The molecule has 1 fully saturated rings. The number of rotatable bonds is 2. The fraction of sp³-hybridized carbons (Fsp3) is 0.333. The fourth-order valence-electron chi connectivity index (χ4n) is 1.78. The van der Waals surface area contributed by atoms with Gasteiger partial charge in [0.05, 0.1) is 5.69 Å². The largest absolute Gasteiger partial charge is 0.481 e. The van der Waals surface area contributed by atoms with Gasteiger partial charge in [-0.05, 0) is 25.0 Å². The zero-order valence-corrected chi connectivity index (χ0v) is 9.16. The molecule has 0 bridgehead atoms. The summed E-state index contributed by atoms with van der Waals surface area (Å²) in [5.74, 6) is 0.535. The van der Waals surface area contributed by atoms with E-state index < -0.39 is 0 Å². The normalized spacial score (nSPS) is 17.8. The van der Waals surface area contributed by atoms with Crippen molar-refractivity contribution in [1.29, 1.82) is 0 Å². The minimum atomic E-state index is -0.203. The molecule has 1 heterocycles. The van der Waals surface area contributed by atoms with E-state index >= 15 is 0 Å². The van der Waals surface area contributed by atoms with E-state index in [-0.39, 0.29) is 24.3 Å². The second-order valence-corrected chi connectivity index (χ2v) is 4.28. The highest BCUT2D eigenvalue weighted by molar-refractivity contribution is 6.04. The summed E-state index contributed by atoms with van der Waals surface area (Å²) in [6, 6.07) is 5.31. The maximum Gasteiger partial charge on any atom is 0.262 e. The number of amides is 2. The number of hydrogen-bond acceptors (Lipinski definition) is 3. The molecule has 5 nitrogen and oxygen atoms in total. The van der Waals surface area contributed by atoms with Gasteiger partial charge in [-0.1, -0.05) is 6.07 Å². The predicted octanol–water partition coefficient (Wildman–Crippen LogP) is 1.37. The first-order valence-electron chi connectivity index (χ1n) is 5.60. The van der Waals surface area contributed by atoms with Crippen molar-refractivity contribution in [2.45, 2.75) is 12.8 Å². The summed E-state index contributed by atoms with van der Waals surface area (Å²) in [5.41, 5.74) is 1.16. The third-order valence-electron chi connectivity index (χ3n) is 2.86. The Bertz CT molecular complexity index is 495. The van der Waals surface area contributed by atoms with E-state index in [0.29, 0.717) is 17.1 Å². The van der Waals surface area contributed by atoms with Crippen LogP contribution >= 0.6 is 0 Å². The number of hydrogen-bond donors (Lipinski definition) is 2. The van der Waals surface area contributed by atoms with Gasteiger partial charge in [0.2, 0.25) is 5.91 Å². The molecular formula is C12H12N2O3. The van der Waals surface area contributed by atoms with Crippen LogP contribution < -0.4 is 15.4 Å². The second-order valence-electron chi connectivity index (χ2n) is 4.28. The number of nitrogens with one attached hydrogen (secondary N) is 2. The summed E-state index contributed by atoms with van der Waals surface area (Å²) >= 11 is 0. The first-order chi connectivity index (χ1) is 8.24. The number of benzene rings is 1. The van der Waals surface area contributed by atoms with Gasteiger partial charge in [-0.25, -0.2) is 0 Å². The highest BCUT2D eigenvalue weighted by atomic mass is 16.5. The smallest absolute Gasteiger partial charge is 0.262 e. The minimum absolute atomic E-state index is 0.0122. The van der Waals surface area contributed by atoms with Gasteiger partial charge < -0.3 is 15.4 Å². The van der Waals surface area contributed by atoms with Crippen molar-refractivity contribution in [3.05, 3.63) is 18.2 Å². The van der Waals surface area contributed by atoms with Crippen LogP contribution in [-0.4, -0.2) is 18.4 Å². The molecule has 17 heavy (non-hydrogen) atoms. The molecule has 2 amide bonds. The van der Waals surface area contributed by atoms with Crippen LogP contribution in [0.2, 0.25) is 0 Å². The number of carbonyl (C=O) groups excluding carboxylic acids is 2. The molecule has 1 saturated carbocycles. The molecule has 1 aliphatic heterocycles. The monoisotopic (exact) mass is 232 g/mol. The second kappa shape index (κ2) is 3.76. The van der Waals surface area contributed by atoms with Crippen molar-refractivity contribution in [1.82, 2.24) is 0 Å². The number of fused-ring (bicyclic) bond motifs is 1. The van der Waals surface area contributed by atoms with Crippen LogP contribution in [0.4, 0.5) is 11.4 Å². The molecule has 5 heteroatoms. The lowest BCUT2D eigenvalue weighted by Crippen LogP contribution is -2.26. The average molecular weight is 232 g/mol. The van der Waals surface area contributed by atoms with Gasteiger partial charge >= 0.3 is 0 Å². The lowest BCUT2D eigenvalue weighted by molar-refractivity contribution is -0.119. The van der Waals surface area contributed by atoms with Gasteiger partial charge in [0.1, 0.15) is 11.4 Å². The zero-order chi connectivity index (χ0) is 11.8. The highest BCUT2D eigenvalue weighted by Crippen LogP contribution is 2.36. The van der Waals surface area contributed by atoms with E-state index in [1.54, 1.807) is 18.2 Å². The average Bonchev–Trinajstić information content (AvgIpc) is 3.13. The number of para-hydroxylation sites is 1.